The van der Waals surface area contributed by atoms with Gasteiger partial charge in [-0.15, -0.1) is 0 Å². The molecule has 1 aromatic carbocycles. The van der Waals surface area contributed by atoms with Crippen molar-refractivity contribution < 1.29 is 0 Å². The van der Waals surface area contributed by atoms with Crippen LogP contribution in [-0.2, 0) is 6.54 Å². The Kier molecular flexibility index (Phi) is 4.14. The Balaban J connectivity index is 2.40. The number of rotatable bonds is 4. The number of hydrogen-bond donors (Lipinski definition) is 2. The molecule has 0 aliphatic heterocycles. The molecule has 0 aliphatic rings. The van der Waals surface area contributed by atoms with E-state index in [9.17, 15) is 9.59 Å². The highest BCUT2D eigenvalue weighted by molar-refractivity contribution is 7.80. The third-order valence-corrected chi connectivity index (χ3v) is 3.40. The predicted octanol–water partition coefficient (Wildman–Crippen LogP) is 0.915. The number of benzene rings is 1. The summed E-state index contributed by atoms with van der Waals surface area (Å²) < 4.78 is 1.42. The van der Waals surface area contributed by atoms with Crippen LogP contribution in [0.4, 0.5) is 0 Å². The van der Waals surface area contributed by atoms with Crippen molar-refractivity contribution in [1.82, 2.24) is 9.55 Å². The maximum absolute atomic E-state index is 11.8. The minimum atomic E-state index is -0.460. The maximum atomic E-state index is 11.8. The van der Waals surface area contributed by atoms with Crippen molar-refractivity contribution in [2.24, 2.45) is 5.73 Å². The van der Waals surface area contributed by atoms with Crippen LogP contribution in [0.3, 0.4) is 0 Å². The van der Waals surface area contributed by atoms with Crippen LogP contribution in [0, 0.1) is 6.92 Å². The van der Waals surface area contributed by atoms with Gasteiger partial charge in [0.2, 0.25) is 0 Å². The fourth-order valence-corrected chi connectivity index (χ4v) is 2.21. The maximum Gasteiger partial charge on any atom is 0.328 e. The minimum absolute atomic E-state index is 0.255. The quantitative estimate of drug-likeness (QED) is 0.820. The van der Waals surface area contributed by atoms with Crippen LogP contribution in [-0.4, -0.2) is 14.5 Å². The molecule has 0 fully saturated rings. The van der Waals surface area contributed by atoms with Gasteiger partial charge in [-0.3, -0.25) is 14.3 Å². The lowest BCUT2D eigenvalue weighted by atomic mass is 9.99. The van der Waals surface area contributed by atoms with Crippen molar-refractivity contribution in [3.63, 3.8) is 0 Å². The molecule has 5 nitrogen and oxygen atoms in total. The number of aromatic amines is 1. The number of aromatic nitrogens is 2. The van der Waals surface area contributed by atoms with Crippen LogP contribution in [0.1, 0.15) is 17.0 Å². The highest BCUT2D eigenvalue weighted by Crippen LogP contribution is 2.17. The molecule has 0 bridgehead atoms. The molecule has 0 aliphatic carbocycles. The molecular formula is C14H15N3O2S. The molecule has 3 N–H and O–H groups in total. The molecule has 0 amide bonds. The average molecular weight is 289 g/mol. The first-order valence-corrected chi connectivity index (χ1v) is 6.54. The Bertz CT molecular complexity index is 734. The lowest BCUT2D eigenvalue weighted by molar-refractivity contribution is 0.614. The van der Waals surface area contributed by atoms with E-state index in [1.807, 2.05) is 30.3 Å². The van der Waals surface area contributed by atoms with Crippen molar-refractivity contribution in [2.75, 3.05) is 0 Å². The minimum Gasteiger partial charge on any atom is -0.393 e. The van der Waals surface area contributed by atoms with Crippen LogP contribution in [0.25, 0.3) is 0 Å². The number of aryl methyl sites for hydroxylation is 1. The first-order chi connectivity index (χ1) is 9.49. The van der Waals surface area contributed by atoms with E-state index < -0.39 is 5.69 Å². The molecule has 104 valence electrons. The van der Waals surface area contributed by atoms with Crippen molar-refractivity contribution >= 4 is 17.2 Å². The Morgan fingerprint density at radius 2 is 2.00 bits per heavy atom. The van der Waals surface area contributed by atoms with Gasteiger partial charge in [0, 0.05) is 18.3 Å². The first kappa shape index (κ1) is 14.2. The number of thiocarbonyl (C=S) groups is 1. The molecular weight excluding hydrogens is 274 g/mol. The van der Waals surface area contributed by atoms with Gasteiger partial charge in [0.05, 0.1) is 10.9 Å². The third-order valence-electron chi connectivity index (χ3n) is 3.11. The molecule has 2 rings (SSSR count). The van der Waals surface area contributed by atoms with Crippen LogP contribution in [0.5, 0.6) is 0 Å². The summed E-state index contributed by atoms with van der Waals surface area (Å²) in [5, 5.41) is 0. The lowest BCUT2D eigenvalue weighted by Gasteiger charge is -2.17. The predicted molar refractivity (Wildman–Crippen MR) is 82.0 cm³/mol. The number of H-pyrrole nitrogens is 1. The standard InChI is InChI=1S/C14H15N3O2S/c1-9-7-17(14(19)16-13(9)18)8-11(12(15)20)10-5-3-2-4-6-10/h2-7,11H,8H2,1H3,(H2,15,20)(H,16,18,19). The summed E-state index contributed by atoms with van der Waals surface area (Å²) >= 11 is 5.09. The van der Waals surface area contributed by atoms with Gasteiger partial charge in [-0.2, -0.15) is 0 Å². The van der Waals surface area contributed by atoms with Gasteiger partial charge < -0.3 is 5.73 Å². The van der Waals surface area contributed by atoms with Gasteiger partial charge in [-0.25, -0.2) is 4.79 Å². The second-order valence-electron chi connectivity index (χ2n) is 4.59. The summed E-state index contributed by atoms with van der Waals surface area (Å²) in [6, 6.07) is 9.50. The third kappa shape index (κ3) is 3.03. The SMILES string of the molecule is Cc1cn(CC(C(N)=S)c2ccccc2)c(=O)[nH]c1=O. The molecule has 2 aromatic rings. The van der Waals surface area contributed by atoms with Gasteiger partial charge in [-0.05, 0) is 12.5 Å². The van der Waals surface area contributed by atoms with Gasteiger partial charge in [0.25, 0.3) is 5.56 Å². The summed E-state index contributed by atoms with van der Waals surface area (Å²) in [6.45, 7) is 1.95. The zero-order valence-electron chi connectivity index (χ0n) is 11.0. The number of nitrogens with two attached hydrogens (primary N) is 1. The number of nitrogens with one attached hydrogen (secondary N) is 1. The molecule has 1 atom stereocenters. The van der Waals surface area contributed by atoms with Crippen molar-refractivity contribution in [1.29, 1.82) is 0 Å². The van der Waals surface area contributed by atoms with E-state index in [0.717, 1.165) is 5.56 Å². The second kappa shape index (κ2) is 5.83. The molecule has 0 spiro atoms. The fraction of sp³-hybridized carbons (Fsp3) is 0.214. The summed E-state index contributed by atoms with van der Waals surface area (Å²) in [7, 11) is 0. The summed E-state index contributed by atoms with van der Waals surface area (Å²) in [4.78, 5) is 25.7. The highest BCUT2D eigenvalue weighted by Gasteiger charge is 2.16. The summed E-state index contributed by atoms with van der Waals surface area (Å²) in [5.74, 6) is -0.255. The van der Waals surface area contributed by atoms with Crippen LogP contribution >= 0.6 is 12.2 Å². The van der Waals surface area contributed by atoms with Gasteiger partial charge in [0.15, 0.2) is 0 Å². The molecule has 0 saturated heterocycles. The van der Waals surface area contributed by atoms with E-state index in [4.69, 9.17) is 18.0 Å². The van der Waals surface area contributed by atoms with Crippen LogP contribution in [0.2, 0.25) is 0 Å². The van der Waals surface area contributed by atoms with E-state index in [-0.39, 0.29) is 11.5 Å². The van der Waals surface area contributed by atoms with E-state index in [1.54, 1.807) is 6.92 Å². The zero-order valence-corrected chi connectivity index (χ0v) is 11.8. The lowest BCUT2D eigenvalue weighted by Crippen LogP contribution is -2.34. The van der Waals surface area contributed by atoms with E-state index >= 15 is 0 Å². The monoisotopic (exact) mass is 289 g/mol. The van der Waals surface area contributed by atoms with Crippen molar-refractivity contribution in [3.8, 4) is 0 Å². The number of nitrogens with zero attached hydrogens (tertiary/aromatic N) is 1. The molecule has 1 unspecified atom stereocenters. The largest absolute Gasteiger partial charge is 0.393 e. The summed E-state index contributed by atoms with van der Waals surface area (Å²) in [5.41, 5.74) is 6.35. The summed E-state index contributed by atoms with van der Waals surface area (Å²) in [6.07, 6.45) is 1.52. The zero-order chi connectivity index (χ0) is 14.7. The Morgan fingerprint density at radius 1 is 1.35 bits per heavy atom. The van der Waals surface area contributed by atoms with Gasteiger partial charge >= 0.3 is 5.69 Å². The molecule has 6 heteroatoms. The van der Waals surface area contributed by atoms with Crippen molar-refractivity contribution in [3.05, 3.63) is 68.5 Å². The molecule has 0 radical (unpaired) electrons. The Labute approximate surface area is 121 Å². The molecule has 0 saturated carbocycles. The molecule has 20 heavy (non-hydrogen) atoms. The first-order valence-electron chi connectivity index (χ1n) is 6.13. The number of hydrogen-bond acceptors (Lipinski definition) is 3. The van der Waals surface area contributed by atoms with Crippen LogP contribution < -0.4 is 17.0 Å². The smallest absolute Gasteiger partial charge is 0.328 e. The molecule has 1 aromatic heterocycles. The van der Waals surface area contributed by atoms with Crippen molar-refractivity contribution in [2.45, 2.75) is 19.4 Å². The van der Waals surface area contributed by atoms with Gasteiger partial charge in [-0.1, -0.05) is 42.5 Å². The van der Waals surface area contributed by atoms with Crippen LogP contribution in [0.15, 0.2) is 46.1 Å². The Morgan fingerprint density at radius 3 is 2.60 bits per heavy atom. The van der Waals surface area contributed by atoms with E-state index in [0.29, 0.717) is 17.1 Å². The Hall–Kier alpha value is -2.21. The van der Waals surface area contributed by atoms with E-state index in [2.05, 4.69) is 4.98 Å². The normalized spacial score (nSPS) is 12.1. The van der Waals surface area contributed by atoms with Gasteiger partial charge in [0.1, 0.15) is 0 Å². The fourth-order valence-electron chi connectivity index (χ4n) is 2.00. The highest BCUT2D eigenvalue weighted by atomic mass is 32.1. The van der Waals surface area contributed by atoms with E-state index in [1.165, 1.54) is 10.8 Å². The average Bonchev–Trinajstić information content (AvgIpc) is 2.42. The second-order valence-corrected chi connectivity index (χ2v) is 5.06. The topological polar surface area (TPSA) is 80.9 Å². The molecule has 1 heterocycles.